The van der Waals surface area contributed by atoms with Gasteiger partial charge in [-0.2, -0.15) is 0 Å². The van der Waals surface area contributed by atoms with Crippen molar-refractivity contribution in [1.29, 1.82) is 0 Å². The average molecular weight is 244 g/mol. The van der Waals surface area contributed by atoms with E-state index < -0.39 is 5.97 Å². The third-order valence-corrected chi connectivity index (χ3v) is 2.48. The van der Waals surface area contributed by atoms with Gasteiger partial charge < -0.3 is 9.84 Å². The van der Waals surface area contributed by atoms with E-state index in [0.29, 0.717) is 17.2 Å². The summed E-state index contributed by atoms with van der Waals surface area (Å²) in [7, 11) is 1.43. The molecule has 0 aliphatic carbocycles. The number of hydrogen-bond donors (Lipinski definition) is 2. The molecular formula is C9H12N2O4S. The smallest absolute Gasteiger partial charge is 0.303 e. The number of carboxylic acid groups (broad SMARTS) is 1. The number of hydrogen-bond acceptors (Lipinski definition) is 5. The highest BCUT2D eigenvalue weighted by atomic mass is 32.1. The summed E-state index contributed by atoms with van der Waals surface area (Å²) in [5, 5.41) is 13.2. The normalized spacial score (nSPS) is 10.1. The van der Waals surface area contributed by atoms with E-state index in [4.69, 9.17) is 5.11 Å². The molecule has 7 heteroatoms. The summed E-state index contributed by atoms with van der Waals surface area (Å²) in [6.07, 6.45) is 0.404. The number of aliphatic carboxylic acids is 1. The summed E-state index contributed by atoms with van der Waals surface area (Å²) in [5.74, 6) is -1.14. The Morgan fingerprint density at radius 2 is 2.38 bits per heavy atom. The van der Waals surface area contributed by atoms with Gasteiger partial charge in [-0.05, 0) is 0 Å². The zero-order valence-corrected chi connectivity index (χ0v) is 9.54. The monoisotopic (exact) mass is 244 g/mol. The third kappa shape index (κ3) is 4.37. The molecule has 0 aromatic carbocycles. The summed E-state index contributed by atoms with van der Waals surface area (Å²) in [6, 6.07) is 0. The van der Waals surface area contributed by atoms with E-state index in [1.165, 1.54) is 18.4 Å². The van der Waals surface area contributed by atoms with Crippen molar-refractivity contribution in [2.24, 2.45) is 0 Å². The SMILES string of the molecule is COCC(=O)Nc1nc(CCC(=O)O)cs1. The fourth-order valence-electron chi connectivity index (χ4n) is 1.00. The van der Waals surface area contributed by atoms with Crippen molar-refractivity contribution in [2.45, 2.75) is 12.8 Å². The Hall–Kier alpha value is -1.47. The van der Waals surface area contributed by atoms with Crippen LogP contribution in [0.5, 0.6) is 0 Å². The van der Waals surface area contributed by atoms with Crippen molar-refractivity contribution in [1.82, 2.24) is 4.98 Å². The number of carboxylic acids is 1. The Morgan fingerprint density at radius 1 is 1.62 bits per heavy atom. The zero-order chi connectivity index (χ0) is 12.0. The van der Waals surface area contributed by atoms with Gasteiger partial charge in [0.1, 0.15) is 6.61 Å². The molecule has 1 amide bonds. The van der Waals surface area contributed by atoms with Crippen molar-refractivity contribution < 1.29 is 19.4 Å². The molecule has 6 nitrogen and oxygen atoms in total. The second-order valence-electron chi connectivity index (χ2n) is 3.02. The maximum atomic E-state index is 11.1. The number of ether oxygens (including phenoxy) is 1. The van der Waals surface area contributed by atoms with Crippen LogP contribution in [-0.2, 0) is 20.7 Å². The predicted molar refractivity (Wildman–Crippen MR) is 58.6 cm³/mol. The molecule has 88 valence electrons. The number of carbonyl (C=O) groups excluding carboxylic acids is 1. The molecule has 0 bridgehead atoms. The molecule has 0 aliphatic heterocycles. The summed E-state index contributed by atoms with van der Waals surface area (Å²) >= 11 is 1.26. The number of rotatable bonds is 6. The molecular weight excluding hydrogens is 232 g/mol. The Bertz CT molecular complexity index is 377. The van der Waals surface area contributed by atoms with Crippen LogP contribution in [0, 0.1) is 0 Å². The first-order chi connectivity index (χ1) is 7.61. The number of methoxy groups -OCH3 is 1. The molecule has 1 heterocycles. The first-order valence-electron chi connectivity index (χ1n) is 4.57. The van der Waals surface area contributed by atoms with Crippen molar-refractivity contribution in [3.8, 4) is 0 Å². The van der Waals surface area contributed by atoms with E-state index in [-0.39, 0.29) is 18.9 Å². The minimum absolute atomic E-state index is 0.0238. The van der Waals surface area contributed by atoms with E-state index in [1.807, 2.05) is 0 Å². The van der Waals surface area contributed by atoms with Gasteiger partial charge in [0.25, 0.3) is 5.91 Å². The standard InChI is InChI=1S/C9H12N2O4S/c1-15-4-7(12)11-9-10-6(5-16-9)2-3-8(13)14/h5H,2-4H2,1H3,(H,13,14)(H,10,11,12). The van der Waals surface area contributed by atoms with Crippen molar-refractivity contribution in [3.05, 3.63) is 11.1 Å². The molecule has 0 aliphatic rings. The number of aromatic nitrogens is 1. The maximum absolute atomic E-state index is 11.1. The van der Waals surface area contributed by atoms with Gasteiger partial charge in [0.05, 0.1) is 12.1 Å². The predicted octanol–water partition coefficient (Wildman–Crippen LogP) is 0.745. The number of anilines is 1. The van der Waals surface area contributed by atoms with Gasteiger partial charge in [0, 0.05) is 18.9 Å². The van der Waals surface area contributed by atoms with E-state index >= 15 is 0 Å². The summed E-state index contributed by atoms with van der Waals surface area (Å²) < 4.78 is 4.65. The lowest BCUT2D eigenvalue weighted by atomic mass is 10.2. The Balaban J connectivity index is 2.45. The molecule has 0 saturated heterocycles. The molecule has 1 rings (SSSR count). The van der Waals surface area contributed by atoms with Gasteiger partial charge >= 0.3 is 5.97 Å². The number of nitrogens with one attached hydrogen (secondary N) is 1. The minimum atomic E-state index is -0.863. The van der Waals surface area contributed by atoms with Crippen LogP contribution in [0.2, 0.25) is 0 Å². The highest BCUT2D eigenvalue weighted by molar-refractivity contribution is 7.13. The number of aryl methyl sites for hydroxylation is 1. The quantitative estimate of drug-likeness (QED) is 0.770. The van der Waals surface area contributed by atoms with Crippen LogP contribution in [0.3, 0.4) is 0 Å². The molecule has 0 saturated carbocycles. The average Bonchev–Trinajstić information content (AvgIpc) is 2.63. The fourth-order valence-corrected chi connectivity index (χ4v) is 1.76. The lowest BCUT2D eigenvalue weighted by Crippen LogP contribution is -2.16. The van der Waals surface area contributed by atoms with Crippen LogP contribution in [0.15, 0.2) is 5.38 Å². The molecule has 0 fully saturated rings. The topological polar surface area (TPSA) is 88.5 Å². The van der Waals surface area contributed by atoms with Gasteiger partial charge in [-0.3, -0.25) is 14.9 Å². The minimum Gasteiger partial charge on any atom is -0.481 e. The van der Waals surface area contributed by atoms with Crippen LogP contribution in [0.4, 0.5) is 5.13 Å². The number of nitrogens with zero attached hydrogens (tertiary/aromatic N) is 1. The second-order valence-corrected chi connectivity index (χ2v) is 3.88. The van der Waals surface area contributed by atoms with Crippen molar-refractivity contribution in [3.63, 3.8) is 0 Å². The van der Waals surface area contributed by atoms with Gasteiger partial charge in [-0.25, -0.2) is 4.98 Å². The van der Waals surface area contributed by atoms with Crippen molar-refractivity contribution in [2.75, 3.05) is 19.0 Å². The molecule has 0 radical (unpaired) electrons. The van der Waals surface area contributed by atoms with Crippen LogP contribution < -0.4 is 5.32 Å². The van der Waals surface area contributed by atoms with E-state index in [2.05, 4.69) is 15.0 Å². The van der Waals surface area contributed by atoms with Crippen LogP contribution in [0.25, 0.3) is 0 Å². The summed E-state index contributed by atoms with van der Waals surface area (Å²) in [5.41, 5.74) is 0.667. The van der Waals surface area contributed by atoms with Crippen LogP contribution >= 0.6 is 11.3 Å². The van der Waals surface area contributed by atoms with Crippen LogP contribution in [0.1, 0.15) is 12.1 Å². The van der Waals surface area contributed by atoms with Gasteiger partial charge in [0.2, 0.25) is 0 Å². The molecule has 16 heavy (non-hydrogen) atoms. The lowest BCUT2D eigenvalue weighted by molar-refractivity contribution is -0.137. The van der Waals surface area contributed by atoms with E-state index in [9.17, 15) is 9.59 Å². The first-order valence-corrected chi connectivity index (χ1v) is 5.44. The number of carbonyl (C=O) groups is 2. The number of amides is 1. The van der Waals surface area contributed by atoms with Crippen molar-refractivity contribution >= 4 is 28.3 Å². The third-order valence-electron chi connectivity index (χ3n) is 1.67. The number of thiazole rings is 1. The van der Waals surface area contributed by atoms with Crippen LogP contribution in [-0.4, -0.2) is 35.7 Å². The molecule has 1 aromatic rings. The zero-order valence-electron chi connectivity index (χ0n) is 8.73. The molecule has 0 unspecified atom stereocenters. The Labute approximate surface area is 96.3 Å². The summed E-state index contributed by atoms with van der Waals surface area (Å²) in [4.78, 5) is 25.5. The van der Waals surface area contributed by atoms with Gasteiger partial charge in [0.15, 0.2) is 5.13 Å². The van der Waals surface area contributed by atoms with Gasteiger partial charge in [-0.15, -0.1) is 11.3 Å². The largest absolute Gasteiger partial charge is 0.481 e. The van der Waals surface area contributed by atoms with E-state index in [0.717, 1.165) is 0 Å². The highest BCUT2D eigenvalue weighted by Crippen LogP contribution is 2.16. The van der Waals surface area contributed by atoms with E-state index in [1.54, 1.807) is 5.38 Å². The first kappa shape index (κ1) is 12.6. The molecule has 1 aromatic heterocycles. The second kappa shape index (κ2) is 6.19. The summed E-state index contributed by atoms with van der Waals surface area (Å²) in [6.45, 7) is -0.0238. The lowest BCUT2D eigenvalue weighted by Gasteiger charge is -1.98. The Kier molecular flexibility index (Phi) is 4.87. The fraction of sp³-hybridized carbons (Fsp3) is 0.444. The maximum Gasteiger partial charge on any atom is 0.303 e. The van der Waals surface area contributed by atoms with Gasteiger partial charge in [-0.1, -0.05) is 0 Å². The molecule has 2 N–H and O–H groups in total. The Morgan fingerprint density at radius 3 is 3.00 bits per heavy atom. The molecule has 0 atom stereocenters. The molecule has 0 spiro atoms. The highest BCUT2D eigenvalue weighted by Gasteiger charge is 2.07.